The highest BCUT2D eigenvalue weighted by Crippen LogP contribution is 2.30. The maximum Gasteiger partial charge on any atom is 0.269 e. The number of nitrogens with zero attached hydrogens (tertiary/aromatic N) is 3. The van der Waals surface area contributed by atoms with Gasteiger partial charge >= 0.3 is 0 Å². The van der Waals surface area contributed by atoms with E-state index in [4.69, 9.17) is 16.3 Å². The van der Waals surface area contributed by atoms with Crippen molar-refractivity contribution in [3.8, 4) is 17.7 Å². The minimum absolute atomic E-state index is 0.0391. The molecule has 1 amide bonds. The van der Waals surface area contributed by atoms with Crippen LogP contribution in [0.25, 0.3) is 11.7 Å². The second-order valence-corrected chi connectivity index (χ2v) is 8.12. The van der Waals surface area contributed by atoms with Crippen LogP contribution in [0.1, 0.15) is 16.7 Å². The lowest BCUT2D eigenvalue weighted by Crippen LogP contribution is -2.27. The summed E-state index contributed by atoms with van der Waals surface area (Å²) in [6, 6.07) is 21.8. The number of para-hydroxylation sites is 1. The highest BCUT2D eigenvalue weighted by molar-refractivity contribution is 6.32. The van der Waals surface area contributed by atoms with E-state index in [0.717, 1.165) is 11.1 Å². The molecule has 0 fully saturated rings. The first-order valence-electron chi connectivity index (χ1n) is 10.9. The summed E-state index contributed by atoms with van der Waals surface area (Å²) < 4.78 is 7.26. The fourth-order valence-electron chi connectivity index (χ4n) is 3.48. The number of carbonyl (C=O) groups excluding carboxylic acids is 1. The standard InChI is InChI=1S/C27H21ClN4O3/c1-18-8-7-15-32-24(18)31-26(35-23-12-6-5-11-22(23)28)21(27(32)34)16-20(17-29)25(33)30-14-13-19-9-3-2-4-10-19/h2-12,15-16H,13-14H2,1H3,(H,30,33)/b20-16+. The van der Waals surface area contributed by atoms with E-state index in [1.54, 1.807) is 36.5 Å². The van der Waals surface area contributed by atoms with Gasteiger partial charge in [0.2, 0.25) is 5.88 Å². The van der Waals surface area contributed by atoms with Gasteiger partial charge in [-0.2, -0.15) is 10.2 Å². The lowest BCUT2D eigenvalue weighted by molar-refractivity contribution is -0.117. The van der Waals surface area contributed by atoms with Crippen LogP contribution in [0.15, 0.2) is 83.3 Å². The van der Waals surface area contributed by atoms with E-state index in [9.17, 15) is 14.9 Å². The molecule has 35 heavy (non-hydrogen) atoms. The Morgan fingerprint density at radius 2 is 1.89 bits per heavy atom. The van der Waals surface area contributed by atoms with Gasteiger partial charge in [-0.05, 0) is 48.7 Å². The zero-order valence-electron chi connectivity index (χ0n) is 18.9. The fraction of sp³-hybridized carbons (Fsp3) is 0.111. The van der Waals surface area contributed by atoms with Gasteiger partial charge in [0, 0.05) is 12.7 Å². The maximum absolute atomic E-state index is 13.4. The van der Waals surface area contributed by atoms with Crippen LogP contribution in [0.2, 0.25) is 5.02 Å². The topological polar surface area (TPSA) is 96.5 Å². The van der Waals surface area contributed by atoms with E-state index >= 15 is 0 Å². The van der Waals surface area contributed by atoms with Gasteiger partial charge in [0.25, 0.3) is 11.5 Å². The first-order chi connectivity index (χ1) is 17.0. The zero-order valence-corrected chi connectivity index (χ0v) is 19.6. The molecule has 2 aromatic carbocycles. The molecule has 2 aromatic heterocycles. The van der Waals surface area contributed by atoms with Gasteiger partial charge in [0.1, 0.15) is 28.6 Å². The molecule has 0 atom stereocenters. The maximum atomic E-state index is 13.4. The summed E-state index contributed by atoms with van der Waals surface area (Å²) >= 11 is 6.24. The van der Waals surface area contributed by atoms with Crippen LogP contribution in [0.5, 0.6) is 11.6 Å². The number of rotatable bonds is 7. The highest BCUT2D eigenvalue weighted by atomic mass is 35.5. The van der Waals surface area contributed by atoms with Crippen molar-refractivity contribution in [3.05, 3.63) is 111 Å². The molecule has 0 spiro atoms. The molecule has 0 saturated heterocycles. The van der Waals surface area contributed by atoms with Crippen LogP contribution in [0.4, 0.5) is 0 Å². The lowest BCUT2D eigenvalue weighted by atomic mass is 10.1. The molecule has 0 aliphatic rings. The Balaban J connectivity index is 1.72. The van der Waals surface area contributed by atoms with Crippen molar-refractivity contribution >= 4 is 29.2 Å². The number of aromatic nitrogens is 2. The second-order valence-electron chi connectivity index (χ2n) is 7.71. The number of hydrogen-bond donors (Lipinski definition) is 1. The van der Waals surface area contributed by atoms with Crippen LogP contribution in [-0.2, 0) is 11.2 Å². The van der Waals surface area contributed by atoms with Crippen molar-refractivity contribution in [2.24, 2.45) is 0 Å². The molecule has 0 unspecified atom stereocenters. The fourth-order valence-corrected chi connectivity index (χ4v) is 3.65. The van der Waals surface area contributed by atoms with Gasteiger partial charge in [0.15, 0.2) is 0 Å². The predicted molar refractivity (Wildman–Crippen MR) is 134 cm³/mol. The molecular formula is C27H21ClN4O3. The van der Waals surface area contributed by atoms with Gasteiger partial charge in [-0.3, -0.25) is 14.0 Å². The van der Waals surface area contributed by atoms with Gasteiger partial charge in [-0.15, -0.1) is 0 Å². The number of ether oxygens (including phenoxy) is 1. The minimum Gasteiger partial charge on any atom is -0.437 e. The molecule has 174 valence electrons. The van der Waals surface area contributed by atoms with Crippen LogP contribution < -0.4 is 15.6 Å². The number of hydrogen-bond acceptors (Lipinski definition) is 5. The first-order valence-corrected chi connectivity index (χ1v) is 11.2. The summed E-state index contributed by atoms with van der Waals surface area (Å²) in [5.74, 6) is -0.359. The Hall–Kier alpha value is -4.41. The monoisotopic (exact) mass is 484 g/mol. The summed E-state index contributed by atoms with van der Waals surface area (Å²) in [4.78, 5) is 30.6. The third-order valence-electron chi connectivity index (χ3n) is 5.29. The predicted octanol–water partition coefficient (Wildman–Crippen LogP) is 4.71. The van der Waals surface area contributed by atoms with E-state index in [1.165, 1.54) is 10.5 Å². The molecular weight excluding hydrogens is 464 g/mol. The Morgan fingerprint density at radius 3 is 2.63 bits per heavy atom. The average Bonchev–Trinajstić information content (AvgIpc) is 2.86. The molecule has 4 aromatic rings. The number of halogens is 1. The van der Waals surface area contributed by atoms with Gasteiger partial charge < -0.3 is 10.1 Å². The van der Waals surface area contributed by atoms with Crippen molar-refractivity contribution in [2.45, 2.75) is 13.3 Å². The Morgan fingerprint density at radius 1 is 1.14 bits per heavy atom. The summed E-state index contributed by atoms with van der Waals surface area (Å²) in [6.45, 7) is 2.15. The summed E-state index contributed by atoms with van der Waals surface area (Å²) in [5, 5.41) is 12.7. The molecule has 0 bridgehead atoms. The first kappa shape index (κ1) is 23.7. The smallest absolute Gasteiger partial charge is 0.269 e. The van der Waals surface area contributed by atoms with Crippen molar-refractivity contribution < 1.29 is 9.53 Å². The molecule has 4 rings (SSSR count). The van der Waals surface area contributed by atoms with E-state index in [1.807, 2.05) is 49.4 Å². The number of pyridine rings is 1. The Labute approximate surface area is 206 Å². The van der Waals surface area contributed by atoms with Crippen molar-refractivity contribution in [1.29, 1.82) is 5.26 Å². The van der Waals surface area contributed by atoms with Crippen LogP contribution in [-0.4, -0.2) is 21.8 Å². The van der Waals surface area contributed by atoms with E-state index in [0.29, 0.717) is 29.4 Å². The molecule has 2 heterocycles. The lowest BCUT2D eigenvalue weighted by Gasteiger charge is -2.12. The van der Waals surface area contributed by atoms with E-state index < -0.39 is 11.5 Å². The van der Waals surface area contributed by atoms with Crippen LogP contribution in [0.3, 0.4) is 0 Å². The van der Waals surface area contributed by atoms with Crippen molar-refractivity contribution in [3.63, 3.8) is 0 Å². The number of aryl methyl sites for hydroxylation is 1. The quantitative estimate of drug-likeness (QED) is 0.302. The van der Waals surface area contributed by atoms with Crippen LogP contribution in [0, 0.1) is 18.3 Å². The van der Waals surface area contributed by atoms with Gasteiger partial charge in [-0.25, -0.2) is 0 Å². The van der Waals surface area contributed by atoms with Crippen LogP contribution >= 0.6 is 11.6 Å². The van der Waals surface area contributed by atoms with Crippen molar-refractivity contribution in [1.82, 2.24) is 14.7 Å². The van der Waals surface area contributed by atoms with E-state index in [-0.39, 0.29) is 17.0 Å². The number of fused-ring (bicyclic) bond motifs is 1. The number of carbonyl (C=O) groups is 1. The Kier molecular flexibility index (Phi) is 7.24. The molecule has 0 aliphatic carbocycles. The SMILES string of the molecule is Cc1cccn2c(=O)c(/C=C(\C#N)C(=O)NCCc3ccccc3)c(Oc3ccccc3Cl)nc12. The largest absolute Gasteiger partial charge is 0.437 e. The van der Waals surface area contributed by atoms with Gasteiger partial charge in [0.05, 0.1) is 5.02 Å². The minimum atomic E-state index is -0.596. The molecule has 0 radical (unpaired) electrons. The zero-order chi connectivity index (χ0) is 24.8. The third kappa shape index (κ3) is 5.40. The molecule has 8 heteroatoms. The highest BCUT2D eigenvalue weighted by Gasteiger charge is 2.18. The molecule has 0 aliphatic heterocycles. The van der Waals surface area contributed by atoms with Gasteiger partial charge in [-0.1, -0.05) is 60.1 Å². The third-order valence-corrected chi connectivity index (χ3v) is 5.60. The summed E-state index contributed by atoms with van der Waals surface area (Å²) in [6.07, 6.45) is 3.38. The summed E-state index contributed by atoms with van der Waals surface area (Å²) in [7, 11) is 0. The molecule has 0 saturated carbocycles. The summed E-state index contributed by atoms with van der Waals surface area (Å²) in [5.41, 5.74) is 1.44. The number of benzene rings is 2. The molecule has 1 N–H and O–H groups in total. The normalized spacial score (nSPS) is 11.2. The average molecular weight is 485 g/mol. The number of amides is 1. The second kappa shape index (κ2) is 10.7. The number of nitriles is 1. The van der Waals surface area contributed by atoms with E-state index in [2.05, 4.69) is 10.3 Å². The van der Waals surface area contributed by atoms with Crippen molar-refractivity contribution in [2.75, 3.05) is 6.54 Å². The Bertz CT molecular complexity index is 1520. The number of nitrogens with one attached hydrogen (secondary N) is 1. The molecule has 7 nitrogen and oxygen atoms in total.